The predicted molar refractivity (Wildman–Crippen MR) is 65.7 cm³/mol. The summed E-state index contributed by atoms with van der Waals surface area (Å²) in [5.74, 6) is -0.0244. The summed E-state index contributed by atoms with van der Waals surface area (Å²) < 4.78 is 21.4. The maximum Gasteiger partial charge on any atom is -0.00974 e. The van der Waals surface area contributed by atoms with Gasteiger partial charge in [0.1, 0.15) is 0 Å². The molecule has 0 bridgehead atoms. The van der Waals surface area contributed by atoms with Crippen LogP contribution in [0.2, 0.25) is 0 Å². The zero-order valence-electron chi connectivity index (χ0n) is 11.2. The summed E-state index contributed by atoms with van der Waals surface area (Å²) in [7, 11) is -11.1. The molecule has 0 radical (unpaired) electrons. The first-order valence-corrected chi connectivity index (χ1v) is 8.92. The van der Waals surface area contributed by atoms with Gasteiger partial charge in [-0.1, -0.05) is 24.6 Å². The topological polar surface area (TPSA) is 126 Å². The Morgan fingerprint density at radius 3 is 1.89 bits per heavy atom. The fourth-order valence-electron chi connectivity index (χ4n) is 1.45. The van der Waals surface area contributed by atoms with Gasteiger partial charge in [-0.15, -0.1) is 0 Å². The van der Waals surface area contributed by atoms with Crippen molar-refractivity contribution in [3.8, 4) is 0 Å². The minimum absolute atomic E-state index is 0.0244. The summed E-state index contributed by atoms with van der Waals surface area (Å²) in [5.41, 5.74) is 1.15. The fourth-order valence-corrected chi connectivity index (χ4v) is 3.31. The number of allylic oxidation sites excluding steroid dienone is 3. The van der Waals surface area contributed by atoms with Crippen molar-refractivity contribution in [2.45, 2.75) is 40.0 Å². The molecule has 0 rings (SSSR count). The lowest BCUT2D eigenvalue weighted by Crippen LogP contribution is -2.23. The van der Waals surface area contributed by atoms with Gasteiger partial charge in [-0.05, 0) is 59.3 Å². The molecule has 8 heteroatoms. The largest absolute Gasteiger partial charge is 0.807 e. The molecule has 19 heavy (non-hydrogen) atoms. The van der Waals surface area contributed by atoms with Crippen LogP contribution in [0.3, 0.4) is 0 Å². The molecule has 0 heterocycles. The monoisotopic (exact) mass is 308 g/mol. The fraction of sp³-hybridized carbons (Fsp3) is 0.636. The third-order valence-corrected chi connectivity index (χ3v) is 5.43. The van der Waals surface area contributed by atoms with E-state index in [-0.39, 0.29) is 12.3 Å². The van der Waals surface area contributed by atoms with Crippen LogP contribution in [0.15, 0.2) is 22.8 Å². The zero-order chi connectivity index (χ0) is 15.3. The molecule has 0 spiro atoms. The van der Waals surface area contributed by atoms with Gasteiger partial charge >= 0.3 is 0 Å². The Bertz CT molecular complexity index is 414. The van der Waals surface area contributed by atoms with Crippen molar-refractivity contribution in [3.05, 3.63) is 22.8 Å². The molecular formula is C11H18O6P2-4. The third-order valence-electron chi connectivity index (χ3n) is 2.48. The minimum atomic E-state index is -5.53. The third kappa shape index (κ3) is 8.53. The molecule has 0 aromatic rings. The van der Waals surface area contributed by atoms with Crippen LogP contribution in [0, 0.1) is 5.92 Å². The second-order valence-corrected chi connectivity index (χ2v) is 8.06. The van der Waals surface area contributed by atoms with Gasteiger partial charge in [0.05, 0.1) is 0 Å². The summed E-state index contributed by atoms with van der Waals surface area (Å²) in [4.78, 5) is 42.9. The van der Waals surface area contributed by atoms with Crippen LogP contribution < -0.4 is 19.6 Å². The van der Waals surface area contributed by atoms with Gasteiger partial charge in [0, 0.05) is 0 Å². The number of hydrogen-bond acceptors (Lipinski definition) is 6. The maximum absolute atomic E-state index is 10.7. The second-order valence-electron chi connectivity index (χ2n) is 4.76. The molecule has 0 N–H and O–H groups in total. The molecule has 0 fully saturated rings. The lowest BCUT2D eigenvalue weighted by atomic mass is 10.0. The molecule has 0 aliphatic rings. The molecule has 0 saturated heterocycles. The molecule has 0 saturated carbocycles. The molecular weight excluding hydrogens is 290 g/mol. The Balaban J connectivity index is 4.70. The molecule has 0 aliphatic heterocycles. The lowest BCUT2D eigenvalue weighted by Gasteiger charge is -2.43. The van der Waals surface area contributed by atoms with Crippen molar-refractivity contribution in [2.75, 3.05) is 0 Å². The van der Waals surface area contributed by atoms with E-state index in [9.17, 15) is 28.7 Å². The van der Waals surface area contributed by atoms with E-state index in [1.54, 1.807) is 6.92 Å². The van der Waals surface area contributed by atoms with Gasteiger partial charge in [0.15, 0.2) is 0 Å². The van der Waals surface area contributed by atoms with Crippen LogP contribution >= 0.6 is 15.2 Å². The van der Waals surface area contributed by atoms with Crippen molar-refractivity contribution < 1.29 is 28.7 Å². The van der Waals surface area contributed by atoms with Crippen LogP contribution in [0.5, 0.6) is 0 Å². The molecule has 112 valence electrons. The minimum Gasteiger partial charge on any atom is -0.807 e. The van der Waals surface area contributed by atoms with E-state index in [2.05, 4.69) is 0 Å². The summed E-state index contributed by atoms with van der Waals surface area (Å²) in [6.07, 6.45) is 4.27. The van der Waals surface area contributed by atoms with Gasteiger partial charge in [0.25, 0.3) is 0 Å². The Kier molecular flexibility index (Phi) is 7.45. The highest BCUT2D eigenvalue weighted by molar-refractivity contribution is 7.74. The van der Waals surface area contributed by atoms with Crippen molar-refractivity contribution >= 4 is 15.2 Å². The average Bonchev–Trinajstić information content (AvgIpc) is 2.12. The van der Waals surface area contributed by atoms with Crippen molar-refractivity contribution in [1.82, 2.24) is 0 Å². The first-order valence-electron chi connectivity index (χ1n) is 5.83. The van der Waals surface area contributed by atoms with E-state index in [1.165, 1.54) is 0 Å². The van der Waals surface area contributed by atoms with E-state index in [4.69, 9.17) is 0 Å². The molecule has 1 atom stereocenters. The molecule has 1 unspecified atom stereocenters. The number of rotatable bonds is 7. The Morgan fingerprint density at radius 1 is 1.05 bits per heavy atom. The van der Waals surface area contributed by atoms with Gasteiger partial charge in [0.2, 0.25) is 0 Å². The average molecular weight is 308 g/mol. The van der Waals surface area contributed by atoms with Gasteiger partial charge in [-0.25, -0.2) is 0 Å². The first-order chi connectivity index (χ1) is 8.44. The Labute approximate surface area is 113 Å². The summed E-state index contributed by atoms with van der Waals surface area (Å²) in [6.45, 7) is 5.67. The highest BCUT2D eigenvalue weighted by Crippen LogP contribution is 2.54. The zero-order valence-corrected chi connectivity index (χ0v) is 13.0. The van der Waals surface area contributed by atoms with Gasteiger partial charge in [-0.2, -0.15) is 0 Å². The van der Waals surface area contributed by atoms with Gasteiger partial charge < -0.3 is 28.7 Å². The van der Waals surface area contributed by atoms with Gasteiger partial charge in [-0.3, -0.25) is 0 Å². The van der Waals surface area contributed by atoms with Crippen molar-refractivity contribution in [2.24, 2.45) is 5.92 Å². The van der Waals surface area contributed by atoms with Crippen molar-refractivity contribution in [3.63, 3.8) is 0 Å². The smallest absolute Gasteiger partial charge is 0.00974 e. The summed E-state index contributed by atoms with van der Waals surface area (Å²) in [5, 5.41) is -1.52. The SMILES string of the molecule is CC(C)=CCCC(C)CC=C(P(=O)([O-])[O-])P(=O)([O-])[O-]. The predicted octanol–water partition coefficient (Wildman–Crippen LogP) is 0.428. The molecule has 0 aromatic carbocycles. The summed E-state index contributed by atoms with van der Waals surface area (Å²) >= 11 is 0. The number of hydrogen-bond donors (Lipinski definition) is 0. The Morgan fingerprint density at radius 2 is 1.53 bits per heavy atom. The highest BCUT2D eigenvalue weighted by atomic mass is 31.2. The second kappa shape index (κ2) is 7.53. The Hall–Kier alpha value is -0.220. The molecule has 0 amide bonds. The molecule has 6 nitrogen and oxygen atoms in total. The van der Waals surface area contributed by atoms with Crippen LogP contribution in [0.4, 0.5) is 0 Å². The van der Waals surface area contributed by atoms with Crippen LogP contribution in [0.25, 0.3) is 0 Å². The maximum atomic E-state index is 10.7. The van der Waals surface area contributed by atoms with E-state index < -0.39 is 20.2 Å². The van der Waals surface area contributed by atoms with Crippen LogP contribution in [0.1, 0.15) is 40.0 Å². The highest BCUT2D eigenvalue weighted by Gasteiger charge is 2.08. The van der Waals surface area contributed by atoms with E-state index >= 15 is 0 Å². The normalized spacial score (nSPS) is 13.8. The van der Waals surface area contributed by atoms with E-state index in [1.807, 2.05) is 19.9 Å². The summed E-state index contributed by atoms with van der Waals surface area (Å²) in [6, 6.07) is 0. The van der Waals surface area contributed by atoms with Crippen LogP contribution in [-0.2, 0) is 9.13 Å². The molecule has 0 aliphatic carbocycles. The first kappa shape index (κ1) is 18.8. The standard InChI is InChI=1S/C11H22O6P2/c1-9(2)5-4-6-10(3)7-8-11(18(12,13)14)19(15,16)17/h5,8,10H,4,6-7H2,1-3H3,(H2,12,13,14)(H2,15,16,17)/p-4. The molecule has 0 aromatic heterocycles. The quantitative estimate of drug-likeness (QED) is 0.495. The van der Waals surface area contributed by atoms with E-state index in [0.717, 1.165) is 18.1 Å². The van der Waals surface area contributed by atoms with E-state index in [0.29, 0.717) is 6.42 Å². The lowest BCUT2D eigenvalue weighted by molar-refractivity contribution is -0.319. The van der Waals surface area contributed by atoms with Crippen LogP contribution in [-0.4, -0.2) is 0 Å². The van der Waals surface area contributed by atoms with Crippen molar-refractivity contribution in [1.29, 1.82) is 0 Å².